The molecule has 0 amide bonds. The van der Waals surface area contributed by atoms with Crippen LogP contribution in [0.1, 0.15) is 35.1 Å². The highest BCUT2D eigenvalue weighted by Gasteiger charge is 2.29. The molecule has 1 saturated carbocycles. The van der Waals surface area contributed by atoms with Gasteiger partial charge in [-0.05, 0) is 25.8 Å². The molecule has 1 aliphatic carbocycles. The van der Waals surface area contributed by atoms with Crippen molar-refractivity contribution in [1.82, 2.24) is 10.3 Å². The minimum Gasteiger partial charge on any atom is -0.301 e. The number of rotatable bonds is 4. The van der Waals surface area contributed by atoms with Gasteiger partial charge >= 0.3 is 0 Å². The van der Waals surface area contributed by atoms with Gasteiger partial charge in [0.15, 0.2) is 0 Å². The average molecular weight is 280 g/mol. The molecule has 1 unspecified atom stereocenters. The van der Waals surface area contributed by atoms with Gasteiger partial charge in [0.1, 0.15) is 16.6 Å². The molecule has 1 heterocycles. The standard InChI is InChI=1S/C14H14F2N2S/c1-8-7-19-14(17-8)13(18-10-3-4-10)11-5-2-9(15)6-12(11)16/h2,5-7,10,13,18H,3-4H2,1H3. The van der Waals surface area contributed by atoms with Gasteiger partial charge in [-0.25, -0.2) is 13.8 Å². The molecule has 1 fully saturated rings. The van der Waals surface area contributed by atoms with Gasteiger partial charge in [0.2, 0.25) is 0 Å². The molecule has 0 saturated heterocycles. The minimum atomic E-state index is -0.554. The van der Waals surface area contributed by atoms with Crippen LogP contribution in [0, 0.1) is 18.6 Å². The predicted octanol–water partition coefficient (Wildman–Crippen LogP) is 3.57. The lowest BCUT2D eigenvalue weighted by atomic mass is 10.1. The SMILES string of the molecule is Cc1csc(C(NC2CC2)c2ccc(F)cc2F)n1. The maximum absolute atomic E-state index is 14.0. The van der Waals surface area contributed by atoms with E-state index in [-0.39, 0.29) is 6.04 Å². The molecule has 0 spiro atoms. The first-order chi connectivity index (χ1) is 9.13. The van der Waals surface area contributed by atoms with E-state index < -0.39 is 11.6 Å². The maximum Gasteiger partial charge on any atom is 0.131 e. The zero-order chi connectivity index (χ0) is 13.4. The monoisotopic (exact) mass is 280 g/mol. The second-order valence-electron chi connectivity index (χ2n) is 4.87. The van der Waals surface area contributed by atoms with E-state index in [9.17, 15) is 8.78 Å². The summed E-state index contributed by atoms with van der Waals surface area (Å²) < 4.78 is 27.0. The predicted molar refractivity (Wildman–Crippen MR) is 71.2 cm³/mol. The van der Waals surface area contributed by atoms with Crippen LogP contribution >= 0.6 is 11.3 Å². The number of aromatic nitrogens is 1. The van der Waals surface area contributed by atoms with Gasteiger partial charge in [0.05, 0.1) is 6.04 Å². The van der Waals surface area contributed by atoms with Crippen LogP contribution < -0.4 is 5.32 Å². The van der Waals surface area contributed by atoms with Crippen LogP contribution in [0.2, 0.25) is 0 Å². The lowest BCUT2D eigenvalue weighted by molar-refractivity contribution is 0.530. The molecule has 19 heavy (non-hydrogen) atoms. The molecule has 100 valence electrons. The highest BCUT2D eigenvalue weighted by atomic mass is 32.1. The summed E-state index contributed by atoms with van der Waals surface area (Å²) in [5, 5.41) is 6.15. The molecule has 5 heteroatoms. The zero-order valence-corrected chi connectivity index (χ0v) is 11.3. The van der Waals surface area contributed by atoms with Crippen LogP contribution in [-0.4, -0.2) is 11.0 Å². The summed E-state index contributed by atoms with van der Waals surface area (Å²) in [4.78, 5) is 4.43. The number of hydrogen-bond donors (Lipinski definition) is 1. The van der Waals surface area contributed by atoms with Gasteiger partial charge in [-0.1, -0.05) is 6.07 Å². The Hall–Kier alpha value is -1.33. The lowest BCUT2D eigenvalue weighted by Gasteiger charge is -2.17. The van der Waals surface area contributed by atoms with Gasteiger partial charge in [-0.3, -0.25) is 0 Å². The summed E-state index contributed by atoms with van der Waals surface area (Å²) >= 11 is 1.50. The van der Waals surface area contributed by atoms with Crippen molar-refractivity contribution >= 4 is 11.3 Å². The summed E-state index contributed by atoms with van der Waals surface area (Å²) in [6, 6.07) is 3.85. The van der Waals surface area contributed by atoms with Crippen molar-refractivity contribution in [3.05, 3.63) is 51.5 Å². The third kappa shape index (κ3) is 2.82. The van der Waals surface area contributed by atoms with Crippen LogP contribution in [-0.2, 0) is 0 Å². The van der Waals surface area contributed by atoms with E-state index in [0.29, 0.717) is 11.6 Å². The van der Waals surface area contributed by atoms with Crippen LogP contribution in [0.3, 0.4) is 0 Å². The smallest absolute Gasteiger partial charge is 0.131 e. The quantitative estimate of drug-likeness (QED) is 0.926. The number of nitrogens with zero attached hydrogens (tertiary/aromatic N) is 1. The minimum absolute atomic E-state index is 0.285. The van der Waals surface area contributed by atoms with E-state index in [2.05, 4.69) is 10.3 Å². The molecule has 2 nitrogen and oxygen atoms in total. The summed E-state index contributed by atoms with van der Waals surface area (Å²) in [6.45, 7) is 1.91. The fraction of sp³-hybridized carbons (Fsp3) is 0.357. The van der Waals surface area contributed by atoms with Crippen molar-refractivity contribution in [2.75, 3.05) is 0 Å². The van der Waals surface area contributed by atoms with E-state index in [1.54, 1.807) is 0 Å². The van der Waals surface area contributed by atoms with Gasteiger partial charge in [-0.2, -0.15) is 0 Å². The van der Waals surface area contributed by atoms with Crippen LogP contribution in [0.4, 0.5) is 8.78 Å². The second-order valence-corrected chi connectivity index (χ2v) is 5.76. The first-order valence-corrected chi connectivity index (χ1v) is 7.14. The highest BCUT2D eigenvalue weighted by Crippen LogP contribution is 2.31. The van der Waals surface area contributed by atoms with Gasteiger partial charge in [0.25, 0.3) is 0 Å². The fourth-order valence-corrected chi connectivity index (χ4v) is 2.89. The van der Waals surface area contributed by atoms with Gasteiger partial charge < -0.3 is 5.32 Å². The molecule has 0 radical (unpaired) electrons. The Morgan fingerprint density at radius 3 is 2.74 bits per heavy atom. The highest BCUT2D eigenvalue weighted by molar-refractivity contribution is 7.09. The molecule has 0 bridgehead atoms. The number of benzene rings is 1. The fourth-order valence-electron chi connectivity index (χ4n) is 2.02. The zero-order valence-electron chi connectivity index (χ0n) is 10.5. The number of halogens is 2. The van der Waals surface area contributed by atoms with Crippen LogP contribution in [0.5, 0.6) is 0 Å². The third-order valence-electron chi connectivity index (χ3n) is 3.14. The Kier molecular flexibility index (Phi) is 3.33. The summed E-state index contributed by atoms with van der Waals surface area (Å²) in [6.07, 6.45) is 2.20. The molecule has 2 aromatic rings. The second kappa shape index (κ2) is 4.98. The van der Waals surface area contributed by atoms with Crippen molar-refractivity contribution in [3.8, 4) is 0 Å². The average Bonchev–Trinajstić information content (AvgIpc) is 3.08. The first kappa shape index (κ1) is 12.7. The summed E-state index contributed by atoms with van der Waals surface area (Å²) in [7, 11) is 0. The number of hydrogen-bond acceptors (Lipinski definition) is 3. The van der Waals surface area contributed by atoms with Gasteiger partial charge in [0, 0.05) is 28.7 Å². The topological polar surface area (TPSA) is 24.9 Å². The Bertz CT molecular complexity index is 593. The van der Waals surface area contributed by atoms with Crippen LogP contribution in [0.25, 0.3) is 0 Å². The molecule has 1 aromatic heterocycles. The van der Waals surface area contributed by atoms with E-state index in [1.807, 2.05) is 12.3 Å². The van der Waals surface area contributed by atoms with E-state index >= 15 is 0 Å². The molecule has 3 rings (SSSR count). The Labute approximate surface area is 114 Å². The Morgan fingerprint density at radius 1 is 1.37 bits per heavy atom. The van der Waals surface area contributed by atoms with Crippen molar-refractivity contribution in [3.63, 3.8) is 0 Å². The lowest BCUT2D eigenvalue weighted by Crippen LogP contribution is -2.25. The Balaban J connectivity index is 1.97. The van der Waals surface area contributed by atoms with Crippen LogP contribution in [0.15, 0.2) is 23.6 Å². The molecule has 0 aliphatic heterocycles. The van der Waals surface area contributed by atoms with E-state index in [4.69, 9.17) is 0 Å². The van der Waals surface area contributed by atoms with Crippen molar-refractivity contribution in [1.29, 1.82) is 0 Å². The maximum atomic E-state index is 14.0. The summed E-state index contributed by atoms with van der Waals surface area (Å²) in [5.41, 5.74) is 1.38. The van der Waals surface area contributed by atoms with Gasteiger partial charge in [-0.15, -0.1) is 11.3 Å². The molecule has 1 atom stereocenters. The molecule has 1 N–H and O–H groups in total. The van der Waals surface area contributed by atoms with Crippen molar-refractivity contribution in [2.24, 2.45) is 0 Å². The van der Waals surface area contributed by atoms with E-state index in [1.165, 1.54) is 23.5 Å². The molecular formula is C14H14F2N2S. The molecular weight excluding hydrogens is 266 g/mol. The van der Waals surface area contributed by atoms with E-state index in [0.717, 1.165) is 29.6 Å². The number of nitrogens with one attached hydrogen (secondary N) is 1. The Morgan fingerprint density at radius 2 is 2.16 bits per heavy atom. The summed E-state index contributed by atoms with van der Waals surface area (Å²) in [5.74, 6) is -1.08. The van der Waals surface area contributed by atoms with Crippen molar-refractivity contribution in [2.45, 2.75) is 31.8 Å². The first-order valence-electron chi connectivity index (χ1n) is 6.26. The number of thiazole rings is 1. The van der Waals surface area contributed by atoms with Crippen molar-refractivity contribution < 1.29 is 8.78 Å². The third-order valence-corrected chi connectivity index (χ3v) is 4.16. The molecule has 1 aromatic carbocycles. The number of aryl methyl sites for hydroxylation is 1. The molecule has 1 aliphatic rings. The normalized spacial score (nSPS) is 16.6. The largest absolute Gasteiger partial charge is 0.301 e.